The van der Waals surface area contributed by atoms with E-state index in [0.29, 0.717) is 21.6 Å². The zero-order valence-corrected chi connectivity index (χ0v) is 17.3. The Morgan fingerprint density at radius 3 is 2.76 bits per heavy atom. The highest BCUT2D eigenvalue weighted by atomic mass is 79.9. The van der Waals surface area contributed by atoms with E-state index >= 15 is 0 Å². The van der Waals surface area contributed by atoms with E-state index in [4.69, 9.17) is 21.7 Å². The highest BCUT2D eigenvalue weighted by Crippen LogP contribution is 2.34. The minimum absolute atomic E-state index is 0.166. The van der Waals surface area contributed by atoms with Crippen molar-refractivity contribution in [3.63, 3.8) is 0 Å². The molecule has 134 valence electrons. The molecule has 1 heterocycles. The van der Waals surface area contributed by atoms with E-state index in [1.165, 1.54) is 16.7 Å². The van der Waals surface area contributed by atoms with Crippen molar-refractivity contribution in [1.82, 2.24) is 4.90 Å². The Balaban J connectivity index is 2.09. The fraction of sp³-hybridized carbons (Fsp3) is 0.353. The molecule has 0 atom stereocenters. The maximum absolute atomic E-state index is 12.5. The first-order valence-electron chi connectivity index (χ1n) is 7.56. The van der Waals surface area contributed by atoms with Crippen molar-refractivity contribution in [2.24, 2.45) is 5.92 Å². The molecule has 0 aromatic heterocycles. The number of hydrogen-bond donors (Lipinski definition) is 0. The van der Waals surface area contributed by atoms with Gasteiger partial charge in [-0.3, -0.25) is 14.5 Å². The minimum atomic E-state index is -0.460. The first-order valence-corrected chi connectivity index (χ1v) is 9.58. The number of thiocarbonyl (C=S) groups is 1. The number of benzene rings is 1. The van der Waals surface area contributed by atoms with Crippen LogP contribution in [0.15, 0.2) is 27.6 Å². The zero-order valence-electron chi connectivity index (χ0n) is 14.1. The maximum atomic E-state index is 12.5. The number of carbonyl (C=O) groups excluding carboxylic acids is 2. The fourth-order valence-electron chi connectivity index (χ4n) is 1.99. The van der Waals surface area contributed by atoms with Gasteiger partial charge in [0.1, 0.15) is 16.6 Å². The van der Waals surface area contributed by atoms with E-state index in [-0.39, 0.29) is 18.4 Å². The van der Waals surface area contributed by atoms with Crippen LogP contribution in [0.3, 0.4) is 0 Å². The normalized spacial score (nSPS) is 16.0. The Morgan fingerprint density at radius 1 is 1.44 bits per heavy atom. The molecule has 0 aliphatic carbocycles. The summed E-state index contributed by atoms with van der Waals surface area (Å²) in [5.74, 6) is 0.197. The molecule has 1 amide bonds. The lowest BCUT2D eigenvalue weighted by Gasteiger charge is -2.14. The summed E-state index contributed by atoms with van der Waals surface area (Å²) in [5.41, 5.74) is 0.829. The third-order valence-electron chi connectivity index (χ3n) is 3.21. The van der Waals surface area contributed by atoms with Crippen LogP contribution in [-0.2, 0) is 14.3 Å². The molecule has 1 aromatic rings. The van der Waals surface area contributed by atoms with Gasteiger partial charge in [-0.15, -0.1) is 0 Å². The topological polar surface area (TPSA) is 55.8 Å². The van der Waals surface area contributed by atoms with Crippen LogP contribution in [0.5, 0.6) is 5.75 Å². The van der Waals surface area contributed by atoms with Crippen LogP contribution >= 0.6 is 39.9 Å². The molecule has 1 aromatic carbocycles. The standard InChI is InChI=1S/C17H18BrNO4S2/c1-10(2)9-23-15(20)8-19-16(21)14(25-17(19)24)7-11-4-5-13(22-3)12(18)6-11/h4-7,10H,8-9H2,1-3H3/b14-7-. The van der Waals surface area contributed by atoms with Crippen LogP contribution in [0, 0.1) is 5.92 Å². The lowest BCUT2D eigenvalue weighted by Crippen LogP contribution is -2.34. The molecular weight excluding hydrogens is 426 g/mol. The van der Waals surface area contributed by atoms with Crippen LogP contribution < -0.4 is 4.74 Å². The van der Waals surface area contributed by atoms with Gasteiger partial charge in [0.2, 0.25) is 0 Å². The Kier molecular flexibility index (Phi) is 7.04. The maximum Gasteiger partial charge on any atom is 0.326 e. The molecule has 8 heteroatoms. The molecule has 0 spiro atoms. The van der Waals surface area contributed by atoms with Crippen LogP contribution in [-0.4, -0.2) is 41.4 Å². The molecular formula is C17H18BrNO4S2. The summed E-state index contributed by atoms with van der Waals surface area (Å²) in [5, 5.41) is 0. The lowest BCUT2D eigenvalue weighted by atomic mass is 10.2. The summed E-state index contributed by atoms with van der Waals surface area (Å²) in [6.07, 6.45) is 1.74. The van der Waals surface area contributed by atoms with Crippen molar-refractivity contribution in [2.75, 3.05) is 20.3 Å². The van der Waals surface area contributed by atoms with Crippen molar-refractivity contribution in [1.29, 1.82) is 0 Å². The average Bonchev–Trinajstić information content (AvgIpc) is 2.80. The highest BCUT2D eigenvalue weighted by Gasteiger charge is 2.33. The Hall–Kier alpha value is -1.38. The molecule has 0 bridgehead atoms. The molecule has 25 heavy (non-hydrogen) atoms. The number of carbonyl (C=O) groups is 2. The number of hydrogen-bond acceptors (Lipinski definition) is 6. The smallest absolute Gasteiger partial charge is 0.326 e. The molecule has 0 saturated carbocycles. The molecule has 2 rings (SSSR count). The summed E-state index contributed by atoms with van der Waals surface area (Å²) in [6.45, 7) is 4.05. The van der Waals surface area contributed by atoms with Crippen LogP contribution in [0.25, 0.3) is 6.08 Å². The van der Waals surface area contributed by atoms with E-state index in [1.54, 1.807) is 19.3 Å². The van der Waals surface area contributed by atoms with Crippen LogP contribution in [0.1, 0.15) is 19.4 Å². The van der Waals surface area contributed by atoms with Gasteiger partial charge in [-0.25, -0.2) is 0 Å². The Bertz CT molecular complexity index is 733. The molecule has 0 N–H and O–H groups in total. The van der Waals surface area contributed by atoms with Gasteiger partial charge in [-0.2, -0.15) is 0 Å². The lowest BCUT2D eigenvalue weighted by molar-refractivity contribution is -0.147. The first-order chi connectivity index (χ1) is 11.8. The number of thioether (sulfide) groups is 1. The van der Waals surface area contributed by atoms with E-state index in [9.17, 15) is 9.59 Å². The van der Waals surface area contributed by atoms with Crippen molar-refractivity contribution in [3.05, 3.63) is 33.1 Å². The van der Waals surface area contributed by atoms with Gasteiger partial charge < -0.3 is 9.47 Å². The van der Waals surface area contributed by atoms with Gasteiger partial charge in [0.15, 0.2) is 0 Å². The predicted octanol–water partition coefficient (Wildman–Crippen LogP) is 3.86. The van der Waals surface area contributed by atoms with Gasteiger partial charge in [0.25, 0.3) is 5.91 Å². The van der Waals surface area contributed by atoms with E-state index in [1.807, 2.05) is 26.0 Å². The van der Waals surface area contributed by atoms with E-state index < -0.39 is 5.97 Å². The summed E-state index contributed by atoms with van der Waals surface area (Å²) >= 11 is 9.81. The second-order valence-electron chi connectivity index (χ2n) is 5.74. The summed E-state index contributed by atoms with van der Waals surface area (Å²) in [6, 6.07) is 5.50. The largest absolute Gasteiger partial charge is 0.496 e. The average molecular weight is 444 g/mol. The molecule has 1 aliphatic rings. The summed E-state index contributed by atoms with van der Waals surface area (Å²) < 4.78 is 11.4. The highest BCUT2D eigenvalue weighted by molar-refractivity contribution is 9.10. The molecule has 5 nitrogen and oxygen atoms in total. The number of halogens is 1. The van der Waals surface area contributed by atoms with Crippen LogP contribution in [0.2, 0.25) is 0 Å². The Morgan fingerprint density at radius 2 is 2.16 bits per heavy atom. The summed E-state index contributed by atoms with van der Waals surface area (Å²) in [4.78, 5) is 26.1. The van der Waals surface area contributed by atoms with E-state index in [2.05, 4.69) is 15.9 Å². The van der Waals surface area contributed by atoms with Gasteiger partial charge in [0, 0.05) is 0 Å². The number of ether oxygens (including phenoxy) is 2. The predicted molar refractivity (Wildman–Crippen MR) is 106 cm³/mol. The second-order valence-corrected chi connectivity index (χ2v) is 8.27. The number of methoxy groups -OCH3 is 1. The van der Waals surface area contributed by atoms with Crippen molar-refractivity contribution >= 4 is 62.2 Å². The van der Waals surface area contributed by atoms with Gasteiger partial charge in [-0.05, 0) is 45.6 Å². The molecule has 0 unspecified atom stereocenters. The quantitative estimate of drug-likeness (QED) is 0.378. The first kappa shape index (κ1) is 19.9. The number of esters is 1. The van der Waals surface area contributed by atoms with E-state index in [0.717, 1.165) is 10.0 Å². The molecule has 1 aliphatic heterocycles. The van der Waals surface area contributed by atoms with Crippen LogP contribution in [0.4, 0.5) is 0 Å². The van der Waals surface area contributed by atoms with Crippen molar-refractivity contribution < 1.29 is 19.1 Å². The minimum Gasteiger partial charge on any atom is -0.496 e. The molecule has 1 fully saturated rings. The van der Waals surface area contributed by atoms with Gasteiger partial charge >= 0.3 is 5.97 Å². The summed E-state index contributed by atoms with van der Waals surface area (Å²) in [7, 11) is 1.59. The molecule has 0 radical (unpaired) electrons. The third-order valence-corrected chi connectivity index (χ3v) is 5.21. The number of nitrogens with zero attached hydrogens (tertiary/aromatic N) is 1. The van der Waals surface area contributed by atoms with Gasteiger partial charge in [0.05, 0.1) is 23.1 Å². The monoisotopic (exact) mass is 443 g/mol. The number of rotatable bonds is 6. The zero-order chi connectivity index (χ0) is 18.6. The molecule has 1 saturated heterocycles. The second kappa shape index (κ2) is 8.82. The number of amides is 1. The Labute approximate surface area is 164 Å². The SMILES string of the molecule is COc1ccc(/C=C2\SC(=S)N(CC(=O)OCC(C)C)C2=O)cc1Br. The van der Waals surface area contributed by atoms with Crippen molar-refractivity contribution in [2.45, 2.75) is 13.8 Å². The van der Waals surface area contributed by atoms with Gasteiger partial charge in [-0.1, -0.05) is 43.9 Å². The van der Waals surface area contributed by atoms with Crippen molar-refractivity contribution in [3.8, 4) is 5.75 Å². The fourth-order valence-corrected chi connectivity index (χ4v) is 3.81. The third kappa shape index (κ3) is 5.29.